The van der Waals surface area contributed by atoms with Crippen LogP contribution in [0.15, 0.2) is 61.4 Å². The number of nitrogens with two attached hydrogens (primary N) is 1. The minimum atomic E-state index is -0.374. The molecular formula is C24H22N6O2. The highest BCUT2D eigenvalue weighted by molar-refractivity contribution is 6.01. The lowest BCUT2D eigenvalue weighted by Crippen LogP contribution is -2.20. The van der Waals surface area contributed by atoms with Gasteiger partial charge in [-0.25, -0.2) is 14.6 Å². The second-order valence-corrected chi connectivity index (χ2v) is 7.88. The lowest BCUT2D eigenvalue weighted by molar-refractivity contribution is -0.111. The molecule has 0 saturated heterocycles. The zero-order valence-electron chi connectivity index (χ0n) is 17.3. The number of hydrogen-bond acceptors (Lipinski definition) is 6. The molecule has 32 heavy (non-hydrogen) atoms. The van der Waals surface area contributed by atoms with Crippen molar-refractivity contribution in [2.45, 2.75) is 25.3 Å². The molecule has 0 fully saturated rings. The van der Waals surface area contributed by atoms with E-state index in [2.05, 4.69) is 46.1 Å². The van der Waals surface area contributed by atoms with E-state index in [1.54, 1.807) is 12.1 Å². The summed E-state index contributed by atoms with van der Waals surface area (Å²) in [5, 5.41) is 18.5. The topological polar surface area (TPSA) is 119 Å². The van der Waals surface area contributed by atoms with Crippen molar-refractivity contribution in [3.8, 4) is 17.0 Å². The van der Waals surface area contributed by atoms with Gasteiger partial charge < -0.3 is 16.2 Å². The van der Waals surface area contributed by atoms with Gasteiger partial charge in [-0.05, 0) is 48.6 Å². The molecule has 2 heterocycles. The van der Waals surface area contributed by atoms with E-state index in [1.165, 1.54) is 29.6 Å². The van der Waals surface area contributed by atoms with Crippen LogP contribution in [0.3, 0.4) is 0 Å². The van der Waals surface area contributed by atoms with Gasteiger partial charge in [-0.2, -0.15) is 5.10 Å². The van der Waals surface area contributed by atoms with E-state index in [0.29, 0.717) is 33.8 Å². The molecule has 1 amide bonds. The lowest BCUT2D eigenvalue weighted by Gasteiger charge is -2.25. The number of carbonyl (C=O) groups is 1. The van der Waals surface area contributed by atoms with Crippen molar-refractivity contribution in [2.24, 2.45) is 0 Å². The molecule has 0 spiro atoms. The molecular weight excluding hydrogens is 404 g/mol. The normalized spacial score (nSPS) is 15.3. The van der Waals surface area contributed by atoms with Gasteiger partial charge in [0, 0.05) is 17.3 Å². The Kier molecular flexibility index (Phi) is 4.82. The summed E-state index contributed by atoms with van der Waals surface area (Å²) in [6.07, 6.45) is 5.34. The smallest absolute Gasteiger partial charge is 0.247 e. The number of nitrogens with zero attached hydrogens (tertiary/aromatic N) is 4. The molecule has 1 unspecified atom stereocenters. The van der Waals surface area contributed by atoms with Crippen molar-refractivity contribution in [1.29, 1.82) is 0 Å². The number of benzene rings is 2. The first-order chi connectivity index (χ1) is 15.5. The first kappa shape index (κ1) is 19.7. The van der Waals surface area contributed by atoms with Gasteiger partial charge in [-0.3, -0.25) is 4.79 Å². The number of fused-ring (bicyclic) bond motifs is 2. The third-order valence-corrected chi connectivity index (χ3v) is 5.83. The molecule has 5 rings (SSSR count). The van der Waals surface area contributed by atoms with Gasteiger partial charge in [-0.1, -0.05) is 30.8 Å². The minimum Gasteiger partial charge on any atom is -0.508 e. The summed E-state index contributed by atoms with van der Waals surface area (Å²) < 4.78 is 1.92. The number of carbonyl (C=O) groups excluding carboxylic acids is 1. The Bertz CT molecular complexity index is 1360. The van der Waals surface area contributed by atoms with E-state index in [0.717, 1.165) is 19.3 Å². The standard InChI is InChI=1S/C24H22N6O2/c1-2-20(32)28-17-9-16(11-19(31)12-17)22-21-23(25)26-13-27-24(21)30(29-22)18-8-7-14-5-3-4-6-15(14)10-18/h2-6,9,11-13,18,31H,1,7-8,10H2,(H,28,32)(H2,25,26,27). The maximum Gasteiger partial charge on any atom is 0.247 e. The fourth-order valence-electron chi connectivity index (χ4n) is 4.35. The highest BCUT2D eigenvalue weighted by atomic mass is 16.3. The summed E-state index contributed by atoms with van der Waals surface area (Å²) in [6.45, 7) is 3.46. The molecule has 160 valence electrons. The Hall–Kier alpha value is -4.20. The predicted molar refractivity (Wildman–Crippen MR) is 123 cm³/mol. The summed E-state index contributed by atoms with van der Waals surface area (Å²) in [5.41, 5.74) is 11.2. The first-order valence-corrected chi connectivity index (χ1v) is 10.4. The van der Waals surface area contributed by atoms with Crippen LogP contribution >= 0.6 is 0 Å². The Morgan fingerprint density at radius 1 is 1.22 bits per heavy atom. The number of phenols is 1. The van der Waals surface area contributed by atoms with E-state index < -0.39 is 0 Å². The van der Waals surface area contributed by atoms with Crippen LogP contribution in [0.4, 0.5) is 11.5 Å². The van der Waals surface area contributed by atoms with Crippen LogP contribution in [0, 0.1) is 0 Å². The van der Waals surface area contributed by atoms with Crippen LogP contribution in [-0.2, 0) is 17.6 Å². The van der Waals surface area contributed by atoms with Crippen LogP contribution < -0.4 is 11.1 Å². The number of phenolic OH excluding ortho intramolecular Hbond substituents is 1. The zero-order valence-corrected chi connectivity index (χ0v) is 17.3. The highest BCUT2D eigenvalue weighted by Gasteiger charge is 2.26. The van der Waals surface area contributed by atoms with Gasteiger partial charge >= 0.3 is 0 Å². The number of aromatic hydroxyl groups is 1. The molecule has 0 saturated carbocycles. The number of nitrogens with one attached hydrogen (secondary N) is 1. The van der Waals surface area contributed by atoms with Gasteiger partial charge in [0.1, 0.15) is 23.6 Å². The molecule has 4 aromatic rings. The predicted octanol–water partition coefficient (Wildman–Crippen LogP) is 3.64. The molecule has 1 atom stereocenters. The van der Waals surface area contributed by atoms with Crippen molar-refractivity contribution < 1.29 is 9.90 Å². The summed E-state index contributed by atoms with van der Waals surface area (Å²) in [4.78, 5) is 20.4. The van der Waals surface area contributed by atoms with Crippen molar-refractivity contribution in [1.82, 2.24) is 19.7 Å². The fourth-order valence-corrected chi connectivity index (χ4v) is 4.35. The van der Waals surface area contributed by atoms with Crippen LogP contribution in [0.2, 0.25) is 0 Å². The van der Waals surface area contributed by atoms with Crippen LogP contribution in [-0.4, -0.2) is 30.8 Å². The second kappa shape index (κ2) is 7.81. The Balaban J connectivity index is 1.63. The van der Waals surface area contributed by atoms with Gasteiger partial charge in [0.2, 0.25) is 5.91 Å². The summed E-state index contributed by atoms with van der Waals surface area (Å²) >= 11 is 0. The van der Waals surface area contributed by atoms with E-state index in [4.69, 9.17) is 10.8 Å². The first-order valence-electron chi connectivity index (χ1n) is 10.4. The molecule has 1 aliphatic carbocycles. The van der Waals surface area contributed by atoms with Gasteiger partial charge in [0.05, 0.1) is 11.4 Å². The molecule has 0 bridgehead atoms. The minimum absolute atomic E-state index is 0.00780. The van der Waals surface area contributed by atoms with Crippen LogP contribution in [0.5, 0.6) is 5.75 Å². The molecule has 2 aromatic carbocycles. The maximum atomic E-state index is 11.7. The third-order valence-electron chi connectivity index (χ3n) is 5.83. The summed E-state index contributed by atoms with van der Waals surface area (Å²) in [5.74, 6) is -0.0697. The molecule has 2 aromatic heterocycles. The molecule has 0 radical (unpaired) electrons. The Morgan fingerprint density at radius 3 is 2.84 bits per heavy atom. The van der Waals surface area contributed by atoms with E-state index in [1.807, 2.05) is 4.68 Å². The van der Waals surface area contributed by atoms with Crippen LogP contribution in [0.25, 0.3) is 22.3 Å². The Labute approximate surface area is 184 Å². The summed E-state index contributed by atoms with van der Waals surface area (Å²) in [7, 11) is 0. The number of hydrogen-bond donors (Lipinski definition) is 3. The highest BCUT2D eigenvalue weighted by Crippen LogP contribution is 2.37. The molecule has 8 heteroatoms. The molecule has 0 aliphatic heterocycles. The van der Waals surface area contributed by atoms with Crippen LogP contribution in [0.1, 0.15) is 23.6 Å². The molecule has 1 aliphatic rings. The Morgan fingerprint density at radius 2 is 2.03 bits per heavy atom. The second-order valence-electron chi connectivity index (χ2n) is 7.88. The third kappa shape index (κ3) is 3.45. The van der Waals surface area contributed by atoms with Gasteiger partial charge in [-0.15, -0.1) is 0 Å². The number of rotatable bonds is 4. The van der Waals surface area contributed by atoms with Crippen molar-refractivity contribution in [3.05, 3.63) is 72.6 Å². The van der Waals surface area contributed by atoms with E-state index >= 15 is 0 Å². The maximum absolute atomic E-state index is 11.7. The number of amides is 1. The number of aryl methyl sites for hydroxylation is 1. The fraction of sp³-hybridized carbons (Fsp3) is 0.167. The molecule has 4 N–H and O–H groups in total. The number of nitrogen functional groups attached to an aromatic ring is 1. The number of aromatic nitrogens is 4. The quantitative estimate of drug-likeness (QED) is 0.429. The van der Waals surface area contributed by atoms with Crippen molar-refractivity contribution in [2.75, 3.05) is 11.1 Å². The monoisotopic (exact) mass is 426 g/mol. The van der Waals surface area contributed by atoms with Crippen molar-refractivity contribution >= 4 is 28.4 Å². The average molecular weight is 426 g/mol. The zero-order chi connectivity index (χ0) is 22.2. The average Bonchev–Trinajstić information content (AvgIpc) is 3.19. The van der Waals surface area contributed by atoms with Gasteiger partial charge in [0.25, 0.3) is 0 Å². The van der Waals surface area contributed by atoms with Gasteiger partial charge in [0.15, 0.2) is 5.65 Å². The number of anilines is 2. The van der Waals surface area contributed by atoms with Crippen molar-refractivity contribution in [3.63, 3.8) is 0 Å². The van der Waals surface area contributed by atoms with E-state index in [9.17, 15) is 9.90 Å². The SMILES string of the molecule is C=CC(=O)Nc1cc(O)cc(-c2nn(C3CCc4ccccc4C3)c3ncnc(N)c23)c1. The largest absolute Gasteiger partial charge is 0.508 e. The lowest BCUT2D eigenvalue weighted by atomic mass is 9.88. The molecule has 8 nitrogen and oxygen atoms in total. The van der Waals surface area contributed by atoms with E-state index in [-0.39, 0.29) is 17.7 Å². The summed E-state index contributed by atoms with van der Waals surface area (Å²) in [6, 6.07) is 13.3.